The second-order valence-electron chi connectivity index (χ2n) is 4.64. The van der Waals surface area contributed by atoms with E-state index in [-0.39, 0.29) is 0 Å². The second-order valence-corrected chi connectivity index (χ2v) is 5.05. The van der Waals surface area contributed by atoms with Gasteiger partial charge in [0.15, 0.2) is 0 Å². The quantitative estimate of drug-likeness (QED) is 0.848. The van der Waals surface area contributed by atoms with E-state index in [2.05, 4.69) is 5.32 Å². The smallest absolute Gasteiger partial charge is 0.0637 e. The fraction of sp³-hybridized carbons (Fsp3) is 0.538. The molecule has 2 nitrogen and oxygen atoms in total. The molecule has 0 unspecified atom stereocenters. The van der Waals surface area contributed by atoms with Gasteiger partial charge >= 0.3 is 0 Å². The molecule has 0 heterocycles. The molecule has 0 radical (unpaired) electrons. The largest absolute Gasteiger partial charge is 0.384 e. The molecule has 3 heteroatoms. The zero-order chi connectivity index (χ0) is 11.4. The molecule has 16 heavy (non-hydrogen) atoms. The Kier molecular flexibility index (Phi) is 4.08. The van der Waals surface area contributed by atoms with Crippen molar-refractivity contribution >= 4 is 17.3 Å². The summed E-state index contributed by atoms with van der Waals surface area (Å²) >= 11 is 6.08. The van der Waals surface area contributed by atoms with Crippen molar-refractivity contribution < 1.29 is 0 Å². The number of hydrogen-bond donors (Lipinski definition) is 2. The Morgan fingerprint density at radius 1 is 1.19 bits per heavy atom. The molecule has 0 amide bonds. The number of para-hydroxylation sites is 1. The molecule has 1 fully saturated rings. The summed E-state index contributed by atoms with van der Waals surface area (Å²) in [5.41, 5.74) is 6.93. The van der Waals surface area contributed by atoms with Gasteiger partial charge < -0.3 is 11.1 Å². The molecule has 0 spiro atoms. The van der Waals surface area contributed by atoms with E-state index >= 15 is 0 Å². The third-order valence-electron chi connectivity index (χ3n) is 3.35. The molecular formula is C13H19ClN2. The number of anilines is 1. The van der Waals surface area contributed by atoms with E-state index in [1.807, 2.05) is 24.3 Å². The lowest BCUT2D eigenvalue weighted by molar-refractivity contribution is 0.339. The number of hydrogen-bond acceptors (Lipinski definition) is 2. The number of benzene rings is 1. The Morgan fingerprint density at radius 3 is 2.56 bits per heavy atom. The minimum Gasteiger partial charge on any atom is -0.384 e. The van der Waals surface area contributed by atoms with Crippen molar-refractivity contribution in [2.24, 2.45) is 11.7 Å². The Bertz CT molecular complexity index is 332. The van der Waals surface area contributed by atoms with Crippen LogP contribution in [0, 0.1) is 5.92 Å². The zero-order valence-electron chi connectivity index (χ0n) is 9.45. The van der Waals surface area contributed by atoms with Gasteiger partial charge in [0, 0.05) is 12.6 Å². The Balaban J connectivity index is 1.81. The maximum Gasteiger partial charge on any atom is 0.0637 e. The van der Waals surface area contributed by atoms with Crippen molar-refractivity contribution in [1.29, 1.82) is 0 Å². The van der Waals surface area contributed by atoms with E-state index in [9.17, 15) is 0 Å². The van der Waals surface area contributed by atoms with Crippen molar-refractivity contribution in [3.8, 4) is 0 Å². The molecule has 0 bridgehead atoms. The average molecular weight is 239 g/mol. The van der Waals surface area contributed by atoms with Gasteiger partial charge in [-0.1, -0.05) is 23.7 Å². The van der Waals surface area contributed by atoms with Crippen LogP contribution in [-0.4, -0.2) is 12.6 Å². The minimum absolute atomic E-state index is 0.427. The van der Waals surface area contributed by atoms with Crippen LogP contribution in [0.3, 0.4) is 0 Å². The second kappa shape index (κ2) is 5.55. The number of rotatable bonds is 3. The van der Waals surface area contributed by atoms with E-state index < -0.39 is 0 Å². The lowest BCUT2D eigenvalue weighted by Crippen LogP contribution is -2.29. The first-order valence-corrected chi connectivity index (χ1v) is 6.37. The van der Waals surface area contributed by atoms with E-state index in [1.165, 1.54) is 12.8 Å². The van der Waals surface area contributed by atoms with Crippen LogP contribution in [0.15, 0.2) is 24.3 Å². The monoisotopic (exact) mass is 238 g/mol. The van der Waals surface area contributed by atoms with E-state index in [1.54, 1.807) is 0 Å². The molecular weight excluding hydrogens is 220 g/mol. The van der Waals surface area contributed by atoms with Crippen LogP contribution in [-0.2, 0) is 0 Å². The molecule has 88 valence electrons. The highest BCUT2D eigenvalue weighted by Crippen LogP contribution is 2.25. The summed E-state index contributed by atoms with van der Waals surface area (Å²) in [5.74, 6) is 0.746. The number of halogens is 1. The summed E-state index contributed by atoms with van der Waals surface area (Å²) in [7, 11) is 0. The highest BCUT2D eigenvalue weighted by molar-refractivity contribution is 6.33. The van der Waals surface area contributed by atoms with Crippen molar-refractivity contribution in [2.75, 3.05) is 11.9 Å². The van der Waals surface area contributed by atoms with Crippen LogP contribution >= 0.6 is 11.6 Å². The van der Waals surface area contributed by atoms with E-state index in [0.717, 1.165) is 36.0 Å². The van der Waals surface area contributed by atoms with Crippen LogP contribution in [0.25, 0.3) is 0 Å². The Morgan fingerprint density at radius 2 is 1.88 bits per heavy atom. The Labute approximate surface area is 102 Å². The van der Waals surface area contributed by atoms with Crippen LogP contribution < -0.4 is 11.1 Å². The molecule has 0 aromatic heterocycles. The number of nitrogens with two attached hydrogens (primary N) is 1. The van der Waals surface area contributed by atoms with E-state index in [0.29, 0.717) is 6.04 Å². The first-order chi connectivity index (χ1) is 7.75. The standard InChI is InChI=1S/C13H19ClN2/c14-12-3-1-2-4-13(12)16-9-10-5-7-11(15)8-6-10/h1-4,10-11,16H,5-9,15H2. The van der Waals surface area contributed by atoms with E-state index in [4.69, 9.17) is 17.3 Å². The molecule has 1 aromatic rings. The van der Waals surface area contributed by atoms with Crippen molar-refractivity contribution in [3.05, 3.63) is 29.3 Å². The molecule has 0 saturated heterocycles. The normalized spacial score (nSPS) is 25.4. The van der Waals surface area contributed by atoms with Gasteiger partial charge in [0.05, 0.1) is 10.7 Å². The predicted molar refractivity (Wildman–Crippen MR) is 69.9 cm³/mol. The highest BCUT2D eigenvalue weighted by Gasteiger charge is 2.18. The van der Waals surface area contributed by atoms with Gasteiger partial charge in [-0.2, -0.15) is 0 Å². The molecule has 0 aliphatic heterocycles. The first-order valence-electron chi connectivity index (χ1n) is 5.99. The zero-order valence-corrected chi connectivity index (χ0v) is 10.2. The average Bonchev–Trinajstić information content (AvgIpc) is 2.30. The van der Waals surface area contributed by atoms with Crippen LogP contribution in [0.4, 0.5) is 5.69 Å². The van der Waals surface area contributed by atoms with Crippen LogP contribution in [0.1, 0.15) is 25.7 Å². The topological polar surface area (TPSA) is 38.0 Å². The van der Waals surface area contributed by atoms with Crippen molar-refractivity contribution in [2.45, 2.75) is 31.7 Å². The molecule has 1 aliphatic carbocycles. The minimum atomic E-state index is 0.427. The van der Waals surface area contributed by atoms with Gasteiger partial charge in [0.25, 0.3) is 0 Å². The lowest BCUT2D eigenvalue weighted by Gasteiger charge is -2.26. The summed E-state index contributed by atoms with van der Waals surface area (Å²) in [5, 5.41) is 4.23. The van der Waals surface area contributed by atoms with Gasteiger partial charge in [-0.3, -0.25) is 0 Å². The third-order valence-corrected chi connectivity index (χ3v) is 3.68. The maximum absolute atomic E-state index is 6.08. The van der Waals surface area contributed by atoms with Crippen molar-refractivity contribution in [1.82, 2.24) is 0 Å². The summed E-state index contributed by atoms with van der Waals surface area (Å²) in [6, 6.07) is 8.33. The maximum atomic E-state index is 6.08. The van der Waals surface area contributed by atoms with Gasteiger partial charge in [-0.05, 0) is 43.7 Å². The highest BCUT2D eigenvalue weighted by atomic mass is 35.5. The molecule has 1 saturated carbocycles. The van der Waals surface area contributed by atoms with Gasteiger partial charge in [-0.25, -0.2) is 0 Å². The molecule has 1 aliphatic rings. The summed E-state index contributed by atoms with van der Waals surface area (Å²) in [6.07, 6.45) is 4.79. The molecule has 1 aromatic carbocycles. The van der Waals surface area contributed by atoms with Gasteiger partial charge in [0.2, 0.25) is 0 Å². The summed E-state index contributed by atoms with van der Waals surface area (Å²) in [4.78, 5) is 0. The summed E-state index contributed by atoms with van der Waals surface area (Å²) < 4.78 is 0. The van der Waals surface area contributed by atoms with Crippen LogP contribution in [0.2, 0.25) is 5.02 Å². The van der Waals surface area contributed by atoms with Crippen LogP contribution in [0.5, 0.6) is 0 Å². The fourth-order valence-electron chi connectivity index (χ4n) is 2.25. The Hall–Kier alpha value is -0.730. The molecule has 3 N–H and O–H groups in total. The first kappa shape index (κ1) is 11.7. The third kappa shape index (κ3) is 3.13. The van der Waals surface area contributed by atoms with Gasteiger partial charge in [-0.15, -0.1) is 0 Å². The number of nitrogens with one attached hydrogen (secondary N) is 1. The predicted octanol–water partition coefficient (Wildman–Crippen LogP) is 3.27. The summed E-state index contributed by atoms with van der Waals surface area (Å²) in [6.45, 7) is 1.01. The molecule has 2 rings (SSSR count). The van der Waals surface area contributed by atoms with Crippen molar-refractivity contribution in [3.63, 3.8) is 0 Å². The SMILES string of the molecule is NC1CCC(CNc2ccccc2Cl)CC1. The fourth-order valence-corrected chi connectivity index (χ4v) is 2.45. The molecule has 0 atom stereocenters. The lowest BCUT2D eigenvalue weighted by atomic mass is 9.86. The van der Waals surface area contributed by atoms with Gasteiger partial charge in [0.1, 0.15) is 0 Å².